The van der Waals surface area contributed by atoms with E-state index in [1.165, 1.54) is 0 Å². The van der Waals surface area contributed by atoms with Gasteiger partial charge in [0.15, 0.2) is 0 Å². The highest BCUT2D eigenvalue weighted by molar-refractivity contribution is 5.94. The van der Waals surface area contributed by atoms with Crippen molar-refractivity contribution < 1.29 is 4.79 Å². The van der Waals surface area contributed by atoms with Crippen molar-refractivity contribution in [3.63, 3.8) is 0 Å². The SMILES string of the molecule is CCC(C)(CCN)NC(=O)c1cncc(C)c1. The first kappa shape index (κ1) is 13.6. The van der Waals surface area contributed by atoms with Crippen molar-refractivity contribution in [2.24, 2.45) is 5.73 Å². The average Bonchev–Trinajstić information content (AvgIpc) is 2.29. The summed E-state index contributed by atoms with van der Waals surface area (Å²) in [5.74, 6) is -0.0843. The van der Waals surface area contributed by atoms with Crippen molar-refractivity contribution in [3.8, 4) is 0 Å². The number of hydrogen-bond donors (Lipinski definition) is 2. The Labute approximate surface area is 103 Å². The molecular formula is C13H21N3O. The molecule has 94 valence electrons. The summed E-state index contributed by atoms with van der Waals surface area (Å²) < 4.78 is 0. The fourth-order valence-electron chi connectivity index (χ4n) is 1.67. The molecule has 1 amide bonds. The maximum Gasteiger partial charge on any atom is 0.253 e. The number of carbonyl (C=O) groups is 1. The summed E-state index contributed by atoms with van der Waals surface area (Å²) >= 11 is 0. The van der Waals surface area contributed by atoms with Gasteiger partial charge in [0, 0.05) is 17.9 Å². The summed E-state index contributed by atoms with van der Waals surface area (Å²) in [6, 6.07) is 1.83. The highest BCUT2D eigenvalue weighted by Crippen LogP contribution is 2.14. The number of rotatable bonds is 5. The van der Waals surface area contributed by atoms with Crippen molar-refractivity contribution in [1.29, 1.82) is 0 Å². The van der Waals surface area contributed by atoms with Crippen LogP contribution in [0.3, 0.4) is 0 Å². The highest BCUT2D eigenvalue weighted by atomic mass is 16.1. The minimum Gasteiger partial charge on any atom is -0.347 e. The molecule has 0 saturated carbocycles. The van der Waals surface area contributed by atoms with Crippen LogP contribution in [0.1, 0.15) is 42.6 Å². The van der Waals surface area contributed by atoms with Gasteiger partial charge in [-0.05, 0) is 44.9 Å². The van der Waals surface area contributed by atoms with E-state index in [-0.39, 0.29) is 11.4 Å². The van der Waals surface area contributed by atoms with Gasteiger partial charge in [-0.3, -0.25) is 9.78 Å². The number of hydrogen-bond acceptors (Lipinski definition) is 3. The fraction of sp³-hybridized carbons (Fsp3) is 0.538. The smallest absolute Gasteiger partial charge is 0.253 e. The largest absolute Gasteiger partial charge is 0.347 e. The van der Waals surface area contributed by atoms with E-state index < -0.39 is 0 Å². The number of aryl methyl sites for hydroxylation is 1. The summed E-state index contributed by atoms with van der Waals surface area (Å²) in [6.45, 7) is 6.55. The van der Waals surface area contributed by atoms with Crippen molar-refractivity contribution in [2.75, 3.05) is 6.54 Å². The fourth-order valence-corrected chi connectivity index (χ4v) is 1.67. The Morgan fingerprint density at radius 3 is 2.76 bits per heavy atom. The van der Waals surface area contributed by atoms with Crippen LogP contribution >= 0.6 is 0 Å². The van der Waals surface area contributed by atoms with Crippen molar-refractivity contribution >= 4 is 5.91 Å². The van der Waals surface area contributed by atoms with Gasteiger partial charge < -0.3 is 11.1 Å². The van der Waals surface area contributed by atoms with Gasteiger partial charge in [0.25, 0.3) is 5.91 Å². The molecule has 1 atom stereocenters. The molecule has 0 radical (unpaired) electrons. The van der Waals surface area contributed by atoms with Crippen LogP contribution in [0.4, 0.5) is 0 Å². The number of carbonyl (C=O) groups excluding carboxylic acids is 1. The van der Waals surface area contributed by atoms with Crippen LogP contribution in [0.2, 0.25) is 0 Å². The van der Waals surface area contributed by atoms with Gasteiger partial charge in [0.1, 0.15) is 0 Å². The Morgan fingerprint density at radius 1 is 1.53 bits per heavy atom. The summed E-state index contributed by atoms with van der Waals surface area (Å²) in [7, 11) is 0. The Morgan fingerprint density at radius 2 is 2.24 bits per heavy atom. The number of pyridine rings is 1. The zero-order valence-corrected chi connectivity index (χ0v) is 10.8. The minimum absolute atomic E-state index is 0.0843. The van der Waals surface area contributed by atoms with E-state index in [1.807, 2.05) is 26.8 Å². The van der Waals surface area contributed by atoms with Crippen molar-refractivity contribution in [2.45, 2.75) is 39.2 Å². The first-order valence-electron chi connectivity index (χ1n) is 5.95. The van der Waals surface area contributed by atoms with Crippen LogP contribution in [-0.2, 0) is 0 Å². The third-order valence-corrected chi connectivity index (χ3v) is 3.03. The zero-order valence-electron chi connectivity index (χ0n) is 10.8. The van der Waals surface area contributed by atoms with Crippen LogP contribution in [0.15, 0.2) is 18.5 Å². The second kappa shape index (κ2) is 5.77. The molecule has 1 rings (SSSR count). The summed E-state index contributed by atoms with van der Waals surface area (Å²) in [4.78, 5) is 16.1. The molecule has 0 aromatic carbocycles. The number of amides is 1. The van der Waals surface area contributed by atoms with E-state index in [4.69, 9.17) is 5.73 Å². The summed E-state index contributed by atoms with van der Waals surface area (Å²) in [5, 5.41) is 3.03. The van der Waals surface area contributed by atoms with E-state index in [2.05, 4.69) is 10.3 Å². The second-order valence-corrected chi connectivity index (χ2v) is 4.66. The molecule has 0 spiro atoms. The van der Waals surface area contributed by atoms with Gasteiger partial charge in [0.2, 0.25) is 0 Å². The number of nitrogens with two attached hydrogens (primary N) is 1. The van der Waals surface area contributed by atoms with Gasteiger partial charge in [-0.1, -0.05) is 6.92 Å². The third kappa shape index (κ3) is 3.82. The molecule has 0 aliphatic rings. The van der Waals surface area contributed by atoms with Gasteiger partial charge in [0.05, 0.1) is 5.56 Å². The van der Waals surface area contributed by atoms with Gasteiger partial charge >= 0.3 is 0 Å². The lowest BCUT2D eigenvalue weighted by Gasteiger charge is -2.29. The molecule has 1 unspecified atom stereocenters. The standard InChI is InChI=1S/C13H21N3O/c1-4-13(3,5-6-14)16-12(17)11-7-10(2)8-15-9-11/h7-9H,4-6,14H2,1-3H3,(H,16,17). The first-order valence-corrected chi connectivity index (χ1v) is 5.95. The molecule has 1 aromatic heterocycles. The van der Waals surface area contributed by atoms with Gasteiger partial charge in [-0.25, -0.2) is 0 Å². The van der Waals surface area contributed by atoms with E-state index >= 15 is 0 Å². The Hall–Kier alpha value is -1.42. The van der Waals surface area contributed by atoms with Crippen LogP contribution < -0.4 is 11.1 Å². The Bertz CT molecular complexity index is 392. The van der Waals surface area contributed by atoms with Crippen molar-refractivity contribution in [3.05, 3.63) is 29.6 Å². The number of nitrogens with zero attached hydrogens (tertiary/aromatic N) is 1. The lowest BCUT2D eigenvalue weighted by atomic mass is 9.94. The van der Waals surface area contributed by atoms with E-state index in [0.717, 1.165) is 18.4 Å². The Kier molecular flexibility index (Phi) is 4.63. The van der Waals surface area contributed by atoms with E-state index in [9.17, 15) is 4.79 Å². The Balaban J connectivity index is 2.77. The molecule has 0 aliphatic carbocycles. The van der Waals surface area contributed by atoms with Crippen LogP contribution in [0, 0.1) is 6.92 Å². The lowest BCUT2D eigenvalue weighted by Crippen LogP contribution is -2.46. The second-order valence-electron chi connectivity index (χ2n) is 4.66. The molecule has 0 fully saturated rings. The molecule has 1 aromatic rings. The maximum atomic E-state index is 12.1. The third-order valence-electron chi connectivity index (χ3n) is 3.03. The number of nitrogens with one attached hydrogen (secondary N) is 1. The molecule has 0 bridgehead atoms. The normalized spacial score (nSPS) is 14.1. The first-order chi connectivity index (χ1) is 8.00. The molecule has 0 aliphatic heterocycles. The highest BCUT2D eigenvalue weighted by Gasteiger charge is 2.23. The molecule has 4 heteroatoms. The summed E-state index contributed by atoms with van der Waals surface area (Å²) in [5.41, 5.74) is 6.90. The summed E-state index contributed by atoms with van der Waals surface area (Å²) in [6.07, 6.45) is 4.94. The molecule has 1 heterocycles. The van der Waals surface area contributed by atoms with Crippen LogP contribution in [0.25, 0.3) is 0 Å². The zero-order chi connectivity index (χ0) is 12.9. The predicted octanol–water partition coefficient (Wildman–Crippen LogP) is 1.64. The molecule has 0 saturated heterocycles. The lowest BCUT2D eigenvalue weighted by molar-refractivity contribution is 0.0899. The quantitative estimate of drug-likeness (QED) is 0.815. The van der Waals surface area contributed by atoms with Crippen LogP contribution in [-0.4, -0.2) is 23.0 Å². The van der Waals surface area contributed by atoms with Crippen LogP contribution in [0.5, 0.6) is 0 Å². The maximum absolute atomic E-state index is 12.1. The number of aromatic nitrogens is 1. The van der Waals surface area contributed by atoms with E-state index in [0.29, 0.717) is 12.1 Å². The molecular weight excluding hydrogens is 214 g/mol. The molecule has 4 nitrogen and oxygen atoms in total. The van der Waals surface area contributed by atoms with Crippen molar-refractivity contribution in [1.82, 2.24) is 10.3 Å². The monoisotopic (exact) mass is 235 g/mol. The average molecular weight is 235 g/mol. The topological polar surface area (TPSA) is 68.0 Å². The molecule has 17 heavy (non-hydrogen) atoms. The van der Waals surface area contributed by atoms with Gasteiger partial charge in [-0.15, -0.1) is 0 Å². The minimum atomic E-state index is -0.240. The molecule has 3 N–H and O–H groups in total. The predicted molar refractivity (Wildman–Crippen MR) is 68.8 cm³/mol. The van der Waals surface area contributed by atoms with E-state index in [1.54, 1.807) is 12.4 Å². The van der Waals surface area contributed by atoms with Gasteiger partial charge in [-0.2, -0.15) is 0 Å².